The van der Waals surface area contributed by atoms with Gasteiger partial charge in [0.2, 0.25) is 0 Å². The lowest BCUT2D eigenvalue weighted by atomic mass is 10.1. The van der Waals surface area contributed by atoms with E-state index < -0.39 is 0 Å². The van der Waals surface area contributed by atoms with Crippen molar-refractivity contribution in [2.45, 2.75) is 6.92 Å². The molecule has 0 aromatic heterocycles. The minimum atomic E-state index is -0.375. The topological polar surface area (TPSA) is 69.6 Å². The smallest absolute Gasteiger partial charge is 0.255 e. The average Bonchev–Trinajstić information content (AvgIpc) is 2.18. The minimum absolute atomic E-state index is 0.0112. The summed E-state index contributed by atoms with van der Waals surface area (Å²) in [6, 6.07) is 4.95. The number of carbonyl (C=O) groups is 1. The number of aliphatic hydroxyl groups excluding tert-OH is 1. The summed E-state index contributed by atoms with van der Waals surface area (Å²) in [5, 5.41) is 20.5. The van der Waals surface area contributed by atoms with Gasteiger partial charge in [0.05, 0.1) is 12.2 Å². The molecule has 0 spiro atoms. The van der Waals surface area contributed by atoms with E-state index >= 15 is 0 Å². The van der Waals surface area contributed by atoms with Crippen LogP contribution in [0, 0.1) is 6.92 Å². The zero-order chi connectivity index (χ0) is 10.6. The monoisotopic (exact) mass is 195 g/mol. The SMILES string of the molecule is Cc1cccc(C(=O)NCCO)c1O. The summed E-state index contributed by atoms with van der Waals surface area (Å²) < 4.78 is 0. The van der Waals surface area contributed by atoms with E-state index in [1.54, 1.807) is 19.1 Å². The van der Waals surface area contributed by atoms with Gasteiger partial charge >= 0.3 is 0 Å². The maximum atomic E-state index is 11.4. The lowest BCUT2D eigenvalue weighted by molar-refractivity contribution is 0.0942. The van der Waals surface area contributed by atoms with Gasteiger partial charge in [0.25, 0.3) is 5.91 Å². The molecule has 0 radical (unpaired) electrons. The van der Waals surface area contributed by atoms with Gasteiger partial charge in [-0.2, -0.15) is 0 Å². The number of aromatic hydroxyl groups is 1. The van der Waals surface area contributed by atoms with E-state index in [1.807, 2.05) is 0 Å². The van der Waals surface area contributed by atoms with Crippen molar-refractivity contribution >= 4 is 5.91 Å². The lowest BCUT2D eigenvalue weighted by Gasteiger charge is -2.06. The molecule has 14 heavy (non-hydrogen) atoms. The molecule has 76 valence electrons. The second-order valence-electron chi connectivity index (χ2n) is 2.95. The van der Waals surface area contributed by atoms with E-state index in [9.17, 15) is 9.90 Å². The van der Waals surface area contributed by atoms with E-state index in [4.69, 9.17) is 5.11 Å². The highest BCUT2D eigenvalue weighted by atomic mass is 16.3. The van der Waals surface area contributed by atoms with Crippen molar-refractivity contribution in [3.05, 3.63) is 29.3 Å². The third kappa shape index (κ3) is 2.23. The Balaban J connectivity index is 2.84. The van der Waals surface area contributed by atoms with Crippen LogP contribution >= 0.6 is 0 Å². The lowest BCUT2D eigenvalue weighted by Crippen LogP contribution is -2.26. The minimum Gasteiger partial charge on any atom is -0.507 e. The summed E-state index contributed by atoms with van der Waals surface area (Å²) in [6.45, 7) is 1.79. The number of phenols is 1. The Bertz CT molecular complexity index is 336. The fourth-order valence-electron chi connectivity index (χ4n) is 1.11. The number of benzene rings is 1. The molecule has 0 aliphatic heterocycles. The number of aryl methyl sites for hydroxylation is 1. The fraction of sp³-hybridized carbons (Fsp3) is 0.300. The van der Waals surface area contributed by atoms with Gasteiger partial charge in [0.1, 0.15) is 5.75 Å². The molecule has 0 heterocycles. The molecule has 1 amide bonds. The van der Waals surface area contributed by atoms with Crippen LogP contribution in [0.3, 0.4) is 0 Å². The third-order valence-corrected chi connectivity index (χ3v) is 1.88. The number of aliphatic hydroxyl groups is 1. The molecule has 0 unspecified atom stereocenters. The van der Waals surface area contributed by atoms with Crippen LogP contribution in [-0.4, -0.2) is 29.3 Å². The summed E-state index contributed by atoms with van der Waals surface area (Å²) in [5.41, 5.74) is 0.889. The summed E-state index contributed by atoms with van der Waals surface area (Å²) in [5.74, 6) is -0.386. The number of hydrogen-bond donors (Lipinski definition) is 3. The van der Waals surface area contributed by atoms with Gasteiger partial charge < -0.3 is 15.5 Å². The number of hydrogen-bond acceptors (Lipinski definition) is 3. The first-order chi connectivity index (χ1) is 6.66. The molecule has 0 saturated heterocycles. The van der Waals surface area contributed by atoms with Crippen LogP contribution in [0.5, 0.6) is 5.75 Å². The van der Waals surface area contributed by atoms with Crippen molar-refractivity contribution in [2.24, 2.45) is 0 Å². The first kappa shape index (κ1) is 10.5. The Morgan fingerprint density at radius 1 is 1.50 bits per heavy atom. The zero-order valence-corrected chi connectivity index (χ0v) is 7.95. The van der Waals surface area contributed by atoms with Crippen LogP contribution in [0.1, 0.15) is 15.9 Å². The molecular weight excluding hydrogens is 182 g/mol. The first-order valence-corrected chi connectivity index (χ1v) is 4.34. The number of phenolic OH excluding ortho intramolecular Hbond substituents is 1. The molecule has 1 aromatic carbocycles. The second kappa shape index (κ2) is 4.62. The van der Waals surface area contributed by atoms with Crippen molar-refractivity contribution in [1.82, 2.24) is 5.32 Å². The number of carbonyl (C=O) groups excluding carboxylic acids is 1. The van der Waals surface area contributed by atoms with Gasteiger partial charge in [-0.3, -0.25) is 4.79 Å². The molecule has 0 atom stereocenters. The van der Waals surface area contributed by atoms with Crippen LogP contribution in [0.4, 0.5) is 0 Å². The fourth-order valence-corrected chi connectivity index (χ4v) is 1.11. The summed E-state index contributed by atoms with van der Waals surface area (Å²) in [7, 11) is 0. The Hall–Kier alpha value is -1.55. The second-order valence-corrected chi connectivity index (χ2v) is 2.95. The Morgan fingerprint density at radius 3 is 2.86 bits per heavy atom. The Kier molecular flexibility index (Phi) is 3.48. The maximum absolute atomic E-state index is 11.4. The van der Waals surface area contributed by atoms with Gasteiger partial charge in [-0.05, 0) is 18.6 Å². The number of amides is 1. The van der Waals surface area contributed by atoms with Gasteiger partial charge in [0.15, 0.2) is 0 Å². The molecule has 0 aliphatic rings. The van der Waals surface area contributed by atoms with Gasteiger partial charge in [-0.25, -0.2) is 0 Å². The van der Waals surface area contributed by atoms with Crippen molar-refractivity contribution in [3.63, 3.8) is 0 Å². The van der Waals surface area contributed by atoms with Crippen molar-refractivity contribution in [3.8, 4) is 5.75 Å². The van der Waals surface area contributed by atoms with E-state index in [1.165, 1.54) is 6.07 Å². The van der Waals surface area contributed by atoms with Crippen molar-refractivity contribution < 1.29 is 15.0 Å². The molecule has 1 rings (SSSR count). The molecule has 4 nitrogen and oxygen atoms in total. The zero-order valence-electron chi connectivity index (χ0n) is 7.95. The third-order valence-electron chi connectivity index (χ3n) is 1.88. The number of rotatable bonds is 3. The van der Waals surface area contributed by atoms with Crippen LogP contribution in [-0.2, 0) is 0 Å². The van der Waals surface area contributed by atoms with Gasteiger partial charge in [-0.15, -0.1) is 0 Å². The van der Waals surface area contributed by atoms with E-state index in [-0.39, 0.29) is 30.4 Å². The standard InChI is InChI=1S/C10H13NO3/c1-7-3-2-4-8(9(7)13)10(14)11-5-6-12/h2-4,12-13H,5-6H2,1H3,(H,11,14). The van der Waals surface area contributed by atoms with Crippen molar-refractivity contribution in [1.29, 1.82) is 0 Å². The first-order valence-electron chi connectivity index (χ1n) is 4.34. The average molecular weight is 195 g/mol. The van der Waals surface area contributed by atoms with Crippen molar-refractivity contribution in [2.75, 3.05) is 13.2 Å². The molecule has 4 heteroatoms. The maximum Gasteiger partial charge on any atom is 0.255 e. The molecule has 0 bridgehead atoms. The predicted molar refractivity (Wildman–Crippen MR) is 52.3 cm³/mol. The molecule has 0 aliphatic carbocycles. The molecule has 0 fully saturated rings. The summed E-state index contributed by atoms with van der Waals surface area (Å²) in [4.78, 5) is 11.4. The van der Waals surface area contributed by atoms with E-state index in [0.29, 0.717) is 5.56 Å². The van der Waals surface area contributed by atoms with Gasteiger partial charge in [0, 0.05) is 6.54 Å². The Morgan fingerprint density at radius 2 is 2.21 bits per heavy atom. The highest BCUT2D eigenvalue weighted by Gasteiger charge is 2.10. The van der Waals surface area contributed by atoms with Gasteiger partial charge in [-0.1, -0.05) is 12.1 Å². The van der Waals surface area contributed by atoms with Crippen LogP contribution < -0.4 is 5.32 Å². The van der Waals surface area contributed by atoms with E-state index in [0.717, 1.165) is 0 Å². The highest BCUT2D eigenvalue weighted by Crippen LogP contribution is 2.20. The molecular formula is C10H13NO3. The molecule has 1 aromatic rings. The quantitative estimate of drug-likeness (QED) is 0.654. The van der Waals surface area contributed by atoms with Crippen LogP contribution in [0.2, 0.25) is 0 Å². The van der Waals surface area contributed by atoms with Crippen LogP contribution in [0.25, 0.3) is 0 Å². The molecule has 0 saturated carbocycles. The summed E-state index contributed by atoms with van der Waals surface area (Å²) in [6.07, 6.45) is 0. The Labute approximate surface area is 82.2 Å². The predicted octanol–water partition coefficient (Wildman–Crippen LogP) is 0.423. The molecule has 3 N–H and O–H groups in total. The normalized spacial score (nSPS) is 9.86. The number of nitrogens with one attached hydrogen (secondary N) is 1. The number of para-hydroxylation sites is 1. The van der Waals surface area contributed by atoms with E-state index in [2.05, 4.69) is 5.32 Å². The van der Waals surface area contributed by atoms with Crippen LogP contribution in [0.15, 0.2) is 18.2 Å². The summed E-state index contributed by atoms with van der Waals surface area (Å²) >= 11 is 0. The largest absolute Gasteiger partial charge is 0.507 e. The highest BCUT2D eigenvalue weighted by molar-refractivity contribution is 5.97.